The fourth-order valence-corrected chi connectivity index (χ4v) is 2.18. The van der Waals surface area contributed by atoms with Crippen molar-refractivity contribution in [2.75, 3.05) is 14.2 Å². The van der Waals surface area contributed by atoms with Crippen LogP contribution in [0.4, 0.5) is 0 Å². The monoisotopic (exact) mass is 332 g/mol. The van der Waals surface area contributed by atoms with Gasteiger partial charge >= 0.3 is 0 Å². The summed E-state index contributed by atoms with van der Waals surface area (Å²) < 4.78 is 10.4. The van der Waals surface area contributed by atoms with Crippen molar-refractivity contribution in [2.24, 2.45) is 5.10 Å². The van der Waals surface area contributed by atoms with Gasteiger partial charge in [0.25, 0.3) is 5.91 Å². The van der Waals surface area contributed by atoms with Crippen LogP contribution in [-0.2, 0) is 0 Å². The molecule has 120 valence electrons. The zero-order valence-corrected chi connectivity index (χ0v) is 13.8. The summed E-state index contributed by atoms with van der Waals surface area (Å²) in [4.78, 5) is 12.0. The number of amides is 1. The van der Waals surface area contributed by atoms with Crippen molar-refractivity contribution in [3.63, 3.8) is 0 Å². The minimum atomic E-state index is -0.290. The molecule has 0 fully saturated rings. The number of nitrogens with one attached hydrogen (secondary N) is 1. The Morgan fingerprint density at radius 3 is 2.52 bits per heavy atom. The normalized spacial score (nSPS) is 10.6. The van der Waals surface area contributed by atoms with Crippen LogP contribution in [0.25, 0.3) is 0 Å². The van der Waals surface area contributed by atoms with Crippen molar-refractivity contribution >= 4 is 23.7 Å². The van der Waals surface area contributed by atoms with Gasteiger partial charge in [0.05, 0.1) is 25.5 Å². The predicted molar refractivity (Wildman–Crippen MR) is 90.8 cm³/mol. The van der Waals surface area contributed by atoms with Crippen LogP contribution < -0.4 is 14.9 Å². The highest BCUT2D eigenvalue weighted by Crippen LogP contribution is 2.32. The Morgan fingerprint density at radius 2 is 1.87 bits per heavy atom. The molecule has 5 nitrogen and oxygen atoms in total. The molecule has 1 amide bonds. The molecule has 0 unspecified atom stereocenters. The minimum Gasteiger partial charge on any atom is -0.493 e. The summed E-state index contributed by atoms with van der Waals surface area (Å²) in [5.41, 5.74) is 4.62. The van der Waals surface area contributed by atoms with E-state index in [2.05, 4.69) is 10.5 Å². The Hall–Kier alpha value is -2.53. The van der Waals surface area contributed by atoms with Crippen LogP contribution in [0.1, 0.15) is 21.5 Å². The predicted octanol–water partition coefficient (Wildman–Crippen LogP) is 3.43. The van der Waals surface area contributed by atoms with E-state index in [1.165, 1.54) is 20.4 Å². The number of aryl methyl sites for hydroxylation is 1. The number of rotatable bonds is 5. The van der Waals surface area contributed by atoms with E-state index in [1.54, 1.807) is 24.3 Å². The van der Waals surface area contributed by atoms with Gasteiger partial charge in [-0.25, -0.2) is 5.43 Å². The lowest BCUT2D eigenvalue weighted by molar-refractivity contribution is 0.0955. The van der Waals surface area contributed by atoms with Gasteiger partial charge in [0.15, 0.2) is 11.5 Å². The SMILES string of the molecule is COc1cc(Cl)c(/C=N/NC(=O)c2cccc(C)c2)cc1OC. The number of carbonyl (C=O) groups excluding carboxylic acids is 1. The lowest BCUT2D eigenvalue weighted by atomic mass is 10.1. The zero-order valence-electron chi connectivity index (χ0n) is 13.1. The van der Waals surface area contributed by atoms with Gasteiger partial charge in [-0.05, 0) is 25.1 Å². The van der Waals surface area contributed by atoms with Gasteiger partial charge in [-0.1, -0.05) is 29.3 Å². The molecule has 0 heterocycles. The number of carbonyl (C=O) groups is 1. The summed E-state index contributed by atoms with van der Waals surface area (Å²) in [5.74, 6) is 0.767. The molecule has 2 rings (SSSR count). The highest BCUT2D eigenvalue weighted by molar-refractivity contribution is 6.33. The van der Waals surface area contributed by atoms with Gasteiger partial charge in [-0.2, -0.15) is 5.10 Å². The van der Waals surface area contributed by atoms with Crippen LogP contribution in [0.2, 0.25) is 5.02 Å². The lowest BCUT2D eigenvalue weighted by Gasteiger charge is -2.09. The van der Waals surface area contributed by atoms with Crippen LogP contribution in [0.5, 0.6) is 11.5 Å². The third-order valence-electron chi connectivity index (χ3n) is 3.15. The van der Waals surface area contributed by atoms with E-state index in [4.69, 9.17) is 21.1 Å². The van der Waals surface area contributed by atoms with E-state index in [0.29, 0.717) is 27.6 Å². The fourth-order valence-electron chi connectivity index (χ4n) is 1.98. The van der Waals surface area contributed by atoms with Crippen LogP contribution in [0, 0.1) is 6.92 Å². The third-order valence-corrected chi connectivity index (χ3v) is 3.48. The summed E-state index contributed by atoms with van der Waals surface area (Å²) >= 11 is 6.15. The number of nitrogens with zero attached hydrogens (tertiary/aromatic N) is 1. The second-order valence-electron chi connectivity index (χ2n) is 4.80. The second-order valence-corrected chi connectivity index (χ2v) is 5.20. The molecule has 0 saturated heterocycles. The van der Waals surface area contributed by atoms with Crippen LogP contribution in [0.15, 0.2) is 41.5 Å². The number of hydrazone groups is 1. The molecule has 0 spiro atoms. The largest absolute Gasteiger partial charge is 0.493 e. The molecular weight excluding hydrogens is 316 g/mol. The number of halogens is 1. The summed E-state index contributed by atoms with van der Waals surface area (Å²) in [6, 6.07) is 10.6. The van der Waals surface area contributed by atoms with Crippen molar-refractivity contribution in [3.05, 3.63) is 58.1 Å². The van der Waals surface area contributed by atoms with Crippen molar-refractivity contribution in [3.8, 4) is 11.5 Å². The topological polar surface area (TPSA) is 59.9 Å². The molecular formula is C17H17ClN2O3. The maximum Gasteiger partial charge on any atom is 0.271 e. The fraction of sp³-hybridized carbons (Fsp3) is 0.176. The second kappa shape index (κ2) is 7.65. The molecule has 2 aromatic rings. The molecule has 0 atom stereocenters. The molecule has 0 radical (unpaired) electrons. The number of hydrogen-bond acceptors (Lipinski definition) is 4. The van der Waals surface area contributed by atoms with Gasteiger partial charge < -0.3 is 9.47 Å². The highest BCUT2D eigenvalue weighted by Gasteiger charge is 2.09. The van der Waals surface area contributed by atoms with E-state index < -0.39 is 0 Å². The van der Waals surface area contributed by atoms with Gasteiger partial charge in [0, 0.05) is 17.2 Å². The standard InChI is InChI=1S/C17H17ClN2O3/c1-11-5-4-6-12(7-11)17(21)20-19-10-13-8-15(22-2)16(23-3)9-14(13)18/h4-10H,1-3H3,(H,20,21)/b19-10+. The van der Waals surface area contributed by atoms with Gasteiger partial charge in [-0.15, -0.1) is 0 Å². The average Bonchev–Trinajstić information content (AvgIpc) is 2.55. The molecule has 0 saturated carbocycles. The highest BCUT2D eigenvalue weighted by atomic mass is 35.5. The molecule has 2 aromatic carbocycles. The third kappa shape index (κ3) is 4.23. The first-order valence-corrected chi connectivity index (χ1v) is 7.24. The summed E-state index contributed by atoms with van der Waals surface area (Å²) in [6.07, 6.45) is 1.46. The molecule has 0 aliphatic carbocycles. The average molecular weight is 333 g/mol. The molecule has 0 bridgehead atoms. The Kier molecular flexibility index (Phi) is 5.60. The van der Waals surface area contributed by atoms with E-state index >= 15 is 0 Å². The van der Waals surface area contributed by atoms with Gasteiger partial charge in [0.2, 0.25) is 0 Å². The van der Waals surface area contributed by atoms with Crippen LogP contribution in [-0.4, -0.2) is 26.3 Å². The van der Waals surface area contributed by atoms with E-state index in [-0.39, 0.29) is 5.91 Å². The molecule has 0 aliphatic heterocycles. The molecule has 23 heavy (non-hydrogen) atoms. The van der Waals surface area contributed by atoms with E-state index in [9.17, 15) is 4.79 Å². The maximum absolute atomic E-state index is 12.0. The number of ether oxygens (including phenoxy) is 2. The van der Waals surface area contributed by atoms with Crippen LogP contribution >= 0.6 is 11.6 Å². The number of benzene rings is 2. The Balaban J connectivity index is 2.13. The summed E-state index contributed by atoms with van der Waals surface area (Å²) in [5, 5.41) is 4.37. The van der Waals surface area contributed by atoms with Crippen molar-refractivity contribution in [1.82, 2.24) is 5.43 Å². The van der Waals surface area contributed by atoms with Crippen molar-refractivity contribution in [1.29, 1.82) is 0 Å². The Bertz CT molecular complexity index is 745. The summed E-state index contributed by atoms with van der Waals surface area (Å²) in [7, 11) is 3.07. The quantitative estimate of drug-likeness (QED) is 0.674. The lowest BCUT2D eigenvalue weighted by Crippen LogP contribution is -2.17. The minimum absolute atomic E-state index is 0.290. The Morgan fingerprint density at radius 1 is 1.17 bits per heavy atom. The molecule has 0 aliphatic rings. The maximum atomic E-state index is 12.0. The molecule has 1 N–H and O–H groups in total. The van der Waals surface area contributed by atoms with Crippen molar-refractivity contribution < 1.29 is 14.3 Å². The first-order valence-electron chi connectivity index (χ1n) is 6.86. The molecule has 0 aromatic heterocycles. The smallest absolute Gasteiger partial charge is 0.271 e. The Labute approximate surface area is 139 Å². The van der Waals surface area contributed by atoms with Crippen LogP contribution in [0.3, 0.4) is 0 Å². The van der Waals surface area contributed by atoms with E-state index in [1.807, 2.05) is 19.1 Å². The van der Waals surface area contributed by atoms with E-state index in [0.717, 1.165) is 5.56 Å². The van der Waals surface area contributed by atoms with Gasteiger partial charge in [0.1, 0.15) is 0 Å². The zero-order chi connectivity index (χ0) is 16.8. The molecule has 6 heteroatoms. The summed E-state index contributed by atoms with van der Waals surface area (Å²) in [6.45, 7) is 1.92. The first kappa shape index (κ1) is 16.8. The first-order chi connectivity index (χ1) is 11.0. The number of methoxy groups -OCH3 is 2. The van der Waals surface area contributed by atoms with Crippen molar-refractivity contribution in [2.45, 2.75) is 6.92 Å². The van der Waals surface area contributed by atoms with Gasteiger partial charge in [-0.3, -0.25) is 4.79 Å². The number of hydrogen-bond donors (Lipinski definition) is 1.